The van der Waals surface area contributed by atoms with Crippen molar-refractivity contribution < 1.29 is 17.9 Å². The standard InChI is InChI=1S/C12H27N.C6H8N2O3S/c1-4-7-10-13(11-8-5-2)12-9-6-3;7-4-2-1-3-5(6(4)8)12(9,10)11/h4-12H2,1-3H3;1-3H,7-8H2,(H,9,10,11). The number of para-hydroxylation sites is 1. The van der Waals surface area contributed by atoms with Crippen LogP contribution >= 0.6 is 0 Å². The van der Waals surface area contributed by atoms with Crippen LogP contribution in [0.4, 0.5) is 11.4 Å². The molecule has 0 aliphatic carbocycles. The molecule has 0 atom stereocenters. The summed E-state index contributed by atoms with van der Waals surface area (Å²) in [6.07, 6.45) is 8.26. The average molecular weight is 374 g/mol. The van der Waals surface area contributed by atoms with Crippen molar-refractivity contribution in [2.24, 2.45) is 0 Å². The smallest absolute Gasteiger partial charge is 0.126 e. The van der Waals surface area contributed by atoms with Gasteiger partial charge in [0.15, 0.2) is 0 Å². The van der Waals surface area contributed by atoms with E-state index in [2.05, 4.69) is 20.8 Å². The van der Waals surface area contributed by atoms with Gasteiger partial charge in [0.05, 0.1) is 35.9 Å². The first-order chi connectivity index (χ1) is 11.8. The Morgan fingerprint density at radius 1 is 0.920 bits per heavy atom. The van der Waals surface area contributed by atoms with E-state index in [1.807, 2.05) is 4.90 Å². The van der Waals surface area contributed by atoms with Crippen LogP contribution in [-0.2, 0) is 10.1 Å². The Balaban J connectivity index is 0.000000462. The molecule has 0 aliphatic heterocycles. The van der Waals surface area contributed by atoms with Gasteiger partial charge in [-0.3, -0.25) is 0 Å². The van der Waals surface area contributed by atoms with E-state index < -0.39 is 15.0 Å². The van der Waals surface area contributed by atoms with Crippen LogP contribution in [0.3, 0.4) is 0 Å². The minimum absolute atomic E-state index is 0.0897. The van der Waals surface area contributed by atoms with Crippen LogP contribution in [0.15, 0.2) is 23.1 Å². The molecule has 146 valence electrons. The Bertz CT molecular complexity index is 558. The van der Waals surface area contributed by atoms with Crippen molar-refractivity contribution in [1.82, 2.24) is 0 Å². The van der Waals surface area contributed by atoms with Crippen molar-refractivity contribution in [2.45, 2.75) is 64.2 Å². The maximum atomic E-state index is 10.5. The lowest BCUT2D eigenvalue weighted by Gasteiger charge is -2.18. The predicted molar refractivity (Wildman–Crippen MR) is 104 cm³/mol. The zero-order valence-corrected chi connectivity index (χ0v) is 16.7. The summed E-state index contributed by atoms with van der Waals surface area (Å²) >= 11 is 0. The van der Waals surface area contributed by atoms with Crippen molar-refractivity contribution in [1.29, 1.82) is 0 Å². The number of quaternary nitrogens is 1. The number of rotatable bonds is 10. The van der Waals surface area contributed by atoms with Crippen LogP contribution in [0.25, 0.3) is 0 Å². The fraction of sp³-hybridized carbons (Fsp3) is 0.667. The molecule has 0 saturated heterocycles. The van der Waals surface area contributed by atoms with Gasteiger partial charge in [-0.1, -0.05) is 46.1 Å². The van der Waals surface area contributed by atoms with Crippen LogP contribution < -0.4 is 16.4 Å². The number of anilines is 2. The van der Waals surface area contributed by atoms with E-state index in [4.69, 9.17) is 11.5 Å². The molecule has 0 fully saturated rings. The quantitative estimate of drug-likeness (QED) is 0.429. The molecular weight excluding hydrogens is 338 g/mol. The number of unbranched alkanes of at least 4 members (excludes halogenated alkanes) is 3. The summed E-state index contributed by atoms with van der Waals surface area (Å²) in [7, 11) is -4.51. The zero-order chi connectivity index (χ0) is 19.3. The van der Waals surface area contributed by atoms with Gasteiger partial charge in [0.1, 0.15) is 10.1 Å². The Hall–Kier alpha value is -1.31. The molecule has 1 rings (SSSR count). The summed E-state index contributed by atoms with van der Waals surface area (Å²) in [6, 6.07) is 3.90. The molecule has 0 heterocycles. The molecular formula is C18H35N3O3S. The maximum absolute atomic E-state index is 10.5. The Labute approximate surface area is 153 Å². The van der Waals surface area contributed by atoms with Gasteiger partial charge in [0.2, 0.25) is 0 Å². The number of hydrogen-bond donors (Lipinski definition) is 3. The molecule has 0 radical (unpaired) electrons. The monoisotopic (exact) mass is 373 g/mol. The highest BCUT2D eigenvalue weighted by atomic mass is 32.2. The van der Waals surface area contributed by atoms with E-state index >= 15 is 0 Å². The third-order valence-electron chi connectivity index (χ3n) is 4.02. The predicted octanol–water partition coefficient (Wildman–Crippen LogP) is 2.03. The fourth-order valence-corrected chi connectivity index (χ4v) is 3.07. The Morgan fingerprint density at radius 3 is 1.68 bits per heavy atom. The van der Waals surface area contributed by atoms with E-state index in [0.29, 0.717) is 0 Å². The lowest BCUT2D eigenvalue weighted by Crippen LogP contribution is -3.12. The maximum Gasteiger partial charge on any atom is 0.126 e. The van der Waals surface area contributed by atoms with Gasteiger partial charge in [0.25, 0.3) is 0 Å². The Kier molecular flexibility index (Phi) is 12.3. The molecule has 0 bridgehead atoms. The topological polar surface area (TPSA) is 114 Å². The first-order valence-electron chi connectivity index (χ1n) is 9.21. The SMILES string of the molecule is CCCC[NH+](CCCC)CCCC.Nc1cccc(S(=O)(=O)[O-])c1N. The number of nitrogen functional groups attached to an aromatic ring is 2. The summed E-state index contributed by atoms with van der Waals surface area (Å²) in [5.74, 6) is 0. The molecule has 7 heteroatoms. The first-order valence-corrected chi connectivity index (χ1v) is 10.6. The molecule has 1 aromatic carbocycles. The highest BCUT2D eigenvalue weighted by Crippen LogP contribution is 2.23. The largest absolute Gasteiger partial charge is 0.744 e. The van der Waals surface area contributed by atoms with Crippen molar-refractivity contribution >= 4 is 21.5 Å². The molecule has 0 amide bonds. The van der Waals surface area contributed by atoms with Gasteiger partial charge >= 0.3 is 0 Å². The average Bonchev–Trinajstić information content (AvgIpc) is 2.56. The number of hydrogen-bond acceptors (Lipinski definition) is 5. The van der Waals surface area contributed by atoms with Crippen LogP contribution in [0.5, 0.6) is 0 Å². The number of nitrogens with one attached hydrogen (secondary N) is 1. The number of nitrogens with two attached hydrogens (primary N) is 2. The first kappa shape index (κ1) is 23.7. The molecule has 0 aromatic heterocycles. The molecule has 5 N–H and O–H groups in total. The zero-order valence-electron chi connectivity index (χ0n) is 15.9. The third kappa shape index (κ3) is 10.3. The van der Waals surface area contributed by atoms with Crippen LogP contribution in [-0.4, -0.2) is 32.6 Å². The second kappa shape index (κ2) is 13.0. The molecule has 25 heavy (non-hydrogen) atoms. The molecule has 0 unspecified atom stereocenters. The lowest BCUT2D eigenvalue weighted by molar-refractivity contribution is -0.900. The minimum Gasteiger partial charge on any atom is -0.744 e. The summed E-state index contributed by atoms with van der Waals surface area (Å²) in [6.45, 7) is 11.1. The van der Waals surface area contributed by atoms with Gasteiger partial charge in [-0.2, -0.15) is 0 Å². The molecule has 0 spiro atoms. The highest BCUT2D eigenvalue weighted by molar-refractivity contribution is 7.86. The van der Waals surface area contributed by atoms with E-state index in [9.17, 15) is 13.0 Å². The van der Waals surface area contributed by atoms with E-state index in [0.717, 1.165) is 6.07 Å². The summed E-state index contributed by atoms with van der Waals surface area (Å²) in [5, 5.41) is 0. The Morgan fingerprint density at radius 2 is 1.36 bits per heavy atom. The highest BCUT2D eigenvalue weighted by Gasteiger charge is 2.07. The van der Waals surface area contributed by atoms with Crippen LogP contribution in [0.1, 0.15) is 59.3 Å². The van der Waals surface area contributed by atoms with Gasteiger partial charge in [-0.15, -0.1) is 0 Å². The summed E-state index contributed by atoms with van der Waals surface area (Å²) < 4.78 is 31.5. The third-order valence-corrected chi connectivity index (χ3v) is 4.92. The van der Waals surface area contributed by atoms with Crippen LogP contribution in [0.2, 0.25) is 0 Å². The summed E-state index contributed by atoms with van der Waals surface area (Å²) in [4.78, 5) is 1.37. The number of benzene rings is 1. The van der Waals surface area contributed by atoms with Gasteiger partial charge in [0, 0.05) is 0 Å². The molecule has 1 aromatic rings. The van der Waals surface area contributed by atoms with Crippen molar-refractivity contribution in [3.8, 4) is 0 Å². The molecule has 0 saturated carbocycles. The van der Waals surface area contributed by atoms with Gasteiger partial charge in [-0.05, 0) is 31.4 Å². The van der Waals surface area contributed by atoms with Crippen molar-refractivity contribution in [3.63, 3.8) is 0 Å². The second-order valence-electron chi connectivity index (χ2n) is 6.27. The van der Waals surface area contributed by atoms with Crippen molar-refractivity contribution in [3.05, 3.63) is 18.2 Å². The van der Waals surface area contributed by atoms with Crippen molar-refractivity contribution in [2.75, 3.05) is 31.1 Å². The van der Waals surface area contributed by atoms with E-state index in [-0.39, 0.29) is 11.4 Å². The fourth-order valence-electron chi connectivity index (χ4n) is 2.43. The van der Waals surface area contributed by atoms with E-state index in [1.165, 1.54) is 70.3 Å². The normalized spacial score (nSPS) is 11.2. The van der Waals surface area contributed by atoms with Gasteiger partial charge in [-0.25, -0.2) is 8.42 Å². The second-order valence-corrected chi connectivity index (χ2v) is 7.62. The molecule has 0 aliphatic rings. The van der Waals surface area contributed by atoms with E-state index in [1.54, 1.807) is 0 Å². The summed E-state index contributed by atoms with van der Waals surface area (Å²) in [5.41, 5.74) is 10.5. The minimum atomic E-state index is -4.51. The van der Waals surface area contributed by atoms with Gasteiger partial charge < -0.3 is 20.9 Å². The molecule has 6 nitrogen and oxygen atoms in total. The lowest BCUT2D eigenvalue weighted by atomic mass is 10.2. The van der Waals surface area contributed by atoms with Crippen LogP contribution in [0, 0.1) is 0 Å².